The van der Waals surface area contributed by atoms with Crippen molar-refractivity contribution in [3.8, 4) is 5.88 Å². The summed E-state index contributed by atoms with van der Waals surface area (Å²) in [7, 11) is 1.54. The summed E-state index contributed by atoms with van der Waals surface area (Å²) >= 11 is 0. The van der Waals surface area contributed by atoms with E-state index in [9.17, 15) is 9.59 Å². The molecule has 0 spiro atoms. The number of aromatic nitrogens is 1. The fraction of sp³-hybridized carbons (Fsp3) is 0.350. The number of anilines is 1. The number of ether oxygens (including phenoxy) is 1. The SMILES string of the molecule is COc1ncccc1CNC(=O)C1CCN(c2cc(C)cc(C)c2)C1=O. The molecule has 1 aliphatic rings. The van der Waals surface area contributed by atoms with Gasteiger partial charge < -0.3 is 15.0 Å². The van der Waals surface area contributed by atoms with Crippen LogP contribution in [0.25, 0.3) is 0 Å². The van der Waals surface area contributed by atoms with Gasteiger partial charge in [0.05, 0.1) is 7.11 Å². The molecule has 0 bridgehead atoms. The number of hydrogen-bond acceptors (Lipinski definition) is 4. The number of carbonyl (C=O) groups excluding carboxylic acids is 2. The van der Waals surface area contributed by atoms with Crippen LogP contribution in [0.3, 0.4) is 0 Å². The number of aryl methyl sites for hydroxylation is 2. The van der Waals surface area contributed by atoms with E-state index in [0.29, 0.717) is 18.8 Å². The number of nitrogens with one attached hydrogen (secondary N) is 1. The van der Waals surface area contributed by atoms with E-state index in [1.54, 1.807) is 17.2 Å². The molecular formula is C20H23N3O3. The van der Waals surface area contributed by atoms with Crippen LogP contribution in [-0.2, 0) is 16.1 Å². The first-order valence-corrected chi connectivity index (χ1v) is 8.65. The van der Waals surface area contributed by atoms with E-state index in [2.05, 4.69) is 16.4 Å². The van der Waals surface area contributed by atoms with Crippen LogP contribution in [0.4, 0.5) is 5.69 Å². The molecular weight excluding hydrogens is 330 g/mol. The van der Waals surface area contributed by atoms with Crippen molar-refractivity contribution in [2.75, 3.05) is 18.6 Å². The monoisotopic (exact) mass is 353 g/mol. The van der Waals surface area contributed by atoms with Gasteiger partial charge in [0.15, 0.2) is 0 Å². The molecule has 1 atom stereocenters. The Hall–Kier alpha value is -2.89. The minimum Gasteiger partial charge on any atom is -0.481 e. The summed E-state index contributed by atoms with van der Waals surface area (Å²) in [6.45, 7) is 4.84. The molecule has 2 heterocycles. The average Bonchev–Trinajstić information content (AvgIpc) is 3.00. The van der Waals surface area contributed by atoms with E-state index >= 15 is 0 Å². The second-order valence-corrected chi connectivity index (χ2v) is 6.57. The number of pyridine rings is 1. The Kier molecular flexibility index (Phi) is 5.21. The standard InChI is InChI=1S/C20H23N3O3/c1-13-9-14(2)11-16(10-13)23-8-6-17(20(23)25)18(24)22-12-15-5-4-7-21-19(15)26-3/h4-5,7,9-11,17H,6,8,12H2,1-3H3,(H,22,24). The highest BCUT2D eigenvalue weighted by Gasteiger charge is 2.37. The molecule has 1 N–H and O–H groups in total. The minimum atomic E-state index is -0.654. The minimum absolute atomic E-state index is 0.148. The molecule has 0 saturated carbocycles. The third kappa shape index (κ3) is 3.69. The summed E-state index contributed by atoms with van der Waals surface area (Å²) in [6, 6.07) is 9.64. The lowest BCUT2D eigenvalue weighted by molar-refractivity contribution is -0.132. The van der Waals surface area contributed by atoms with Crippen molar-refractivity contribution >= 4 is 17.5 Å². The lowest BCUT2D eigenvalue weighted by Gasteiger charge is -2.18. The van der Waals surface area contributed by atoms with Crippen molar-refractivity contribution in [1.29, 1.82) is 0 Å². The maximum atomic E-state index is 12.7. The normalized spacial score (nSPS) is 16.7. The summed E-state index contributed by atoms with van der Waals surface area (Å²) in [6.07, 6.45) is 2.15. The number of carbonyl (C=O) groups is 2. The smallest absolute Gasteiger partial charge is 0.239 e. The van der Waals surface area contributed by atoms with Crippen molar-refractivity contribution in [3.05, 3.63) is 53.2 Å². The molecule has 1 aromatic heterocycles. The van der Waals surface area contributed by atoms with Gasteiger partial charge in [0.2, 0.25) is 17.7 Å². The lowest BCUT2D eigenvalue weighted by atomic mass is 10.1. The largest absolute Gasteiger partial charge is 0.481 e. The Morgan fingerprint density at radius 3 is 2.73 bits per heavy atom. The van der Waals surface area contributed by atoms with E-state index < -0.39 is 5.92 Å². The van der Waals surface area contributed by atoms with Crippen LogP contribution < -0.4 is 15.0 Å². The van der Waals surface area contributed by atoms with E-state index in [-0.39, 0.29) is 18.4 Å². The Balaban J connectivity index is 1.67. The van der Waals surface area contributed by atoms with Crippen LogP contribution >= 0.6 is 0 Å². The van der Waals surface area contributed by atoms with Gasteiger partial charge in [0.25, 0.3) is 0 Å². The van der Waals surface area contributed by atoms with E-state index in [1.807, 2.05) is 32.0 Å². The molecule has 6 nitrogen and oxygen atoms in total. The molecule has 1 aromatic carbocycles. The summed E-state index contributed by atoms with van der Waals surface area (Å²) in [5.41, 5.74) is 3.84. The molecule has 26 heavy (non-hydrogen) atoms. The van der Waals surface area contributed by atoms with Crippen molar-refractivity contribution in [3.63, 3.8) is 0 Å². The summed E-state index contributed by atoms with van der Waals surface area (Å²) in [5.74, 6) is -0.584. The van der Waals surface area contributed by atoms with Gasteiger partial charge in [0, 0.05) is 30.5 Å². The van der Waals surface area contributed by atoms with Gasteiger partial charge >= 0.3 is 0 Å². The Morgan fingerprint density at radius 1 is 1.31 bits per heavy atom. The molecule has 6 heteroatoms. The van der Waals surface area contributed by atoms with Crippen LogP contribution in [0.2, 0.25) is 0 Å². The van der Waals surface area contributed by atoms with Crippen LogP contribution in [0.5, 0.6) is 5.88 Å². The second kappa shape index (κ2) is 7.56. The molecule has 1 unspecified atom stereocenters. The number of nitrogens with zero attached hydrogens (tertiary/aromatic N) is 2. The van der Waals surface area contributed by atoms with Crippen LogP contribution in [0, 0.1) is 19.8 Å². The zero-order valence-corrected chi connectivity index (χ0v) is 15.3. The quantitative estimate of drug-likeness (QED) is 0.838. The number of methoxy groups -OCH3 is 1. The van der Waals surface area contributed by atoms with Gasteiger partial charge in [-0.05, 0) is 49.6 Å². The van der Waals surface area contributed by atoms with Gasteiger partial charge in [-0.3, -0.25) is 9.59 Å². The van der Waals surface area contributed by atoms with Crippen LogP contribution in [0.15, 0.2) is 36.5 Å². The first-order chi connectivity index (χ1) is 12.5. The molecule has 2 amide bonds. The van der Waals surface area contributed by atoms with Gasteiger partial charge in [-0.1, -0.05) is 12.1 Å². The fourth-order valence-electron chi connectivity index (χ4n) is 3.33. The number of hydrogen-bond donors (Lipinski definition) is 1. The maximum absolute atomic E-state index is 12.7. The lowest BCUT2D eigenvalue weighted by Crippen LogP contribution is -2.36. The molecule has 0 aliphatic carbocycles. The third-order valence-corrected chi connectivity index (χ3v) is 4.54. The van der Waals surface area contributed by atoms with Crippen molar-refractivity contribution in [2.45, 2.75) is 26.8 Å². The van der Waals surface area contributed by atoms with Gasteiger partial charge in [-0.25, -0.2) is 4.98 Å². The highest BCUT2D eigenvalue weighted by molar-refractivity contribution is 6.09. The van der Waals surface area contributed by atoms with Crippen molar-refractivity contribution in [2.24, 2.45) is 5.92 Å². The maximum Gasteiger partial charge on any atom is 0.239 e. The highest BCUT2D eigenvalue weighted by atomic mass is 16.5. The Morgan fingerprint density at radius 2 is 2.04 bits per heavy atom. The predicted molar refractivity (Wildman–Crippen MR) is 99.0 cm³/mol. The average molecular weight is 353 g/mol. The Labute approximate surface area is 153 Å². The molecule has 1 saturated heterocycles. The molecule has 2 aromatic rings. The van der Waals surface area contributed by atoms with Crippen LogP contribution in [-0.4, -0.2) is 30.5 Å². The Bertz CT molecular complexity index is 815. The molecule has 1 fully saturated rings. The van der Waals surface area contributed by atoms with Crippen molar-refractivity contribution < 1.29 is 14.3 Å². The van der Waals surface area contributed by atoms with E-state index in [4.69, 9.17) is 4.74 Å². The van der Waals surface area contributed by atoms with Gasteiger partial charge in [-0.2, -0.15) is 0 Å². The summed E-state index contributed by atoms with van der Waals surface area (Å²) in [5, 5.41) is 2.83. The second-order valence-electron chi connectivity index (χ2n) is 6.57. The fourth-order valence-corrected chi connectivity index (χ4v) is 3.33. The predicted octanol–water partition coefficient (Wildman–Crippen LogP) is 2.38. The molecule has 1 aliphatic heterocycles. The third-order valence-electron chi connectivity index (χ3n) is 4.54. The van der Waals surface area contributed by atoms with Crippen LogP contribution in [0.1, 0.15) is 23.1 Å². The number of amides is 2. The van der Waals surface area contributed by atoms with E-state index in [0.717, 1.165) is 22.4 Å². The van der Waals surface area contributed by atoms with E-state index in [1.165, 1.54) is 7.11 Å². The molecule has 136 valence electrons. The number of rotatable bonds is 5. The van der Waals surface area contributed by atoms with Gasteiger partial charge in [-0.15, -0.1) is 0 Å². The first-order valence-electron chi connectivity index (χ1n) is 8.65. The zero-order valence-electron chi connectivity index (χ0n) is 15.3. The highest BCUT2D eigenvalue weighted by Crippen LogP contribution is 2.27. The van der Waals surface area contributed by atoms with Crippen molar-refractivity contribution in [1.82, 2.24) is 10.3 Å². The summed E-state index contributed by atoms with van der Waals surface area (Å²) < 4.78 is 5.18. The first kappa shape index (κ1) is 17.9. The summed E-state index contributed by atoms with van der Waals surface area (Å²) in [4.78, 5) is 31.1. The number of benzene rings is 1. The molecule has 3 rings (SSSR count). The zero-order chi connectivity index (χ0) is 18.7. The topological polar surface area (TPSA) is 71.5 Å². The van der Waals surface area contributed by atoms with Gasteiger partial charge in [0.1, 0.15) is 5.92 Å². The molecule has 0 radical (unpaired) electrons.